The van der Waals surface area contributed by atoms with Crippen molar-refractivity contribution in [2.75, 3.05) is 0 Å². The molecule has 0 N–H and O–H groups in total. The molecule has 4 aromatic rings. The van der Waals surface area contributed by atoms with Crippen molar-refractivity contribution in [2.45, 2.75) is 194 Å². The van der Waals surface area contributed by atoms with Gasteiger partial charge < -0.3 is 0 Å². The maximum absolute atomic E-state index is 4.09. The molecule has 12 saturated carbocycles. The summed E-state index contributed by atoms with van der Waals surface area (Å²) in [5, 5.41) is 0. The van der Waals surface area contributed by atoms with Gasteiger partial charge in [0.15, 0.2) is 0 Å². The van der Waals surface area contributed by atoms with E-state index in [4.69, 9.17) is 0 Å². The predicted octanol–water partition coefficient (Wildman–Crippen LogP) is 19.4. The van der Waals surface area contributed by atoms with Crippen molar-refractivity contribution in [2.24, 2.45) is 58.2 Å². The summed E-state index contributed by atoms with van der Waals surface area (Å²) in [4.78, 5) is 0. The van der Waals surface area contributed by atoms with E-state index in [1.165, 1.54) is 187 Å². The molecule has 12 fully saturated rings. The molecule has 0 aliphatic heterocycles. The Labute approximate surface area is 461 Å². The normalized spacial score (nSPS) is 39.2. The van der Waals surface area contributed by atoms with Gasteiger partial charge in [-0.3, -0.25) is 0 Å². The Morgan fingerprint density at radius 3 is 1.12 bits per heavy atom. The van der Waals surface area contributed by atoms with E-state index in [0.29, 0.717) is 28.9 Å². The van der Waals surface area contributed by atoms with Crippen molar-refractivity contribution < 1.29 is 17.4 Å². The number of allylic oxidation sites excluding steroid dienone is 2. The predicted molar refractivity (Wildman–Crippen MR) is 316 cm³/mol. The zero-order valence-electron chi connectivity index (χ0n) is 45.4. The topological polar surface area (TPSA) is 0 Å². The molecule has 18 rings (SSSR count). The third-order valence-corrected chi connectivity index (χ3v) is 49.1. The van der Waals surface area contributed by atoms with Crippen molar-refractivity contribution in [3.8, 4) is 22.3 Å². The zero-order chi connectivity index (χ0) is 47.8. The Morgan fingerprint density at radius 2 is 0.811 bits per heavy atom. The smallest absolute Gasteiger partial charge is 0.147 e. The summed E-state index contributed by atoms with van der Waals surface area (Å²) in [6.07, 6.45) is 42.5. The van der Waals surface area contributed by atoms with Crippen molar-refractivity contribution in [3.05, 3.63) is 129 Å². The van der Waals surface area contributed by atoms with Crippen LogP contribution in [0.2, 0.25) is 8.76 Å². The number of hydrogen-bond acceptors (Lipinski definition) is 0. The molecule has 4 aromatic carbocycles. The van der Waals surface area contributed by atoms with Crippen molar-refractivity contribution in [1.82, 2.24) is 0 Å². The number of halogens is 2. The second-order valence-electron chi connectivity index (χ2n) is 30.4. The van der Waals surface area contributed by atoms with Gasteiger partial charge in [-0.15, -0.1) is 24.8 Å². The molecule has 0 saturated heterocycles. The number of fused-ring (bicyclic) bond motifs is 6. The average molecular weight is 1120 g/mol. The molecule has 390 valence electrons. The molecule has 74 heavy (non-hydrogen) atoms. The average Bonchev–Trinajstić information content (AvgIpc) is 4.25. The van der Waals surface area contributed by atoms with Crippen LogP contribution in [-0.4, -0.2) is 6.88 Å². The fourth-order valence-corrected chi connectivity index (χ4v) is 49.6. The second-order valence-corrected chi connectivity index (χ2v) is 58.8. The van der Waals surface area contributed by atoms with Gasteiger partial charge in [0.05, 0.1) is 0 Å². The monoisotopic (exact) mass is 1120 g/mol. The van der Waals surface area contributed by atoms with Crippen molar-refractivity contribution in [1.29, 1.82) is 0 Å². The van der Waals surface area contributed by atoms with E-state index in [-0.39, 0.29) is 24.8 Å². The first-order valence-electron chi connectivity index (χ1n) is 30.9. The fraction of sp³-hybridized carbons (Fsp3) is 0.600. The van der Waals surface area contributed by atoms with Gasteiger partial charge in [0.2, 0.25) is 0 Å². The van der Waals surface area contributed by atoms with E-state index in [9.17, 15) is 0 Å². The number of rotatable bonds is 12. The van der Waals surface area contributed by atoms with E-state index in [1.54, 1.807) is 33.4 Å². The van der Waals surface area contributed by atoms with Gasteiger partial charge >= 0.3 is 441 Å². The van der Waals surface area contributed by atoms with Crippen LogP contribution in [0.5, 0.6) is 0 Å². The largest absolute Gasteiger partial charge is 0.147 e. The first kappa shape index (κ1) is 50.3. The maximum atomic E-state index is 3.08. The molecular weight excluding hydrogens is 1030 g/mol. The number of hydrogen-bond donors (Lipinski definition) is 0. The zero-order valence-corrected chi connectivity index (χ0v) is 50.9. The minimum Gasteiger partial charge on any atom is -0.147 e. The van der Waals surface area contributed by atoms with Crippen LogP contribution in [-0.2, 0) is 28.2 Å². The van der Waals surface area contributed by atoms with Crippen molar-refractivity contribution in [3.63, 3.8) is 0 Å². The van der Waals surface area contributed by atoms with E-state index in [2.05, 4.69) is 116 Å². The first-order valence-corrected chi connectivity index (χ1v) is 43.8. The van der Waals surface area contributed by atoms with E-state index >= 15 is 0 Å². The van der Waals surface area contributed by atoms with Crippen LogP contribution >= 0.6 is 24.8 Å². The molecule has 0 heterocycles. The summed E-state index contributed by atoms with van der Waals surface area (Å²) in [7, 11) is 0. The van der Waals surface area contributed by atoms with Gasteiger partial charge in [0.25, 0.3) is 0 Å². The standard InChI is InChI=1S/2C33H37.C3H7.CH3.2ClH.H2Si.Zr/c2*1-2-28-15-26(18-32-10-8-22(17-32)9-11-32)16-31(28)30(3-1)27-4-6-29(7-5-27)33-19-23-12-24(20-33)14-25(13-23)21-33;1-3-2;;;;;/h2*1-7,15-16,22-25H,8-14,17-21H2;1,3H2,2H3;1H3;2*1H;1H2;. The molecule has 12 bridgehead atoms. The van der Waals surface area contributed by atoms with E-state index in [0.717, 1.165) is 47.3 Å². The summed E-state index contributed by atoms with van der Waals surface area (Å²) < 4.78 is 5.72. The number of benzene rings is 4. The van der Waals surface area contributed by atoms with Gasteiger partial charge in [-0.25, -0.2) is 0 Å². The Bertz CT molecular complexity index is 2740. The minimum absolute atomic E-state index is 0. The Hall–Kier alpha value is -1.96. The molecule has 4 heteroatoms. The third kappa shape index (κ3) is 7.64. The Balaban J connectivity index is 0.00000252. The molecule has 0 radical (unpaired) electrons. The summed E-state index contributed by atoms with van der Waals surface area (Å²) in [6.45, 7) is 5.31. The van der Waals surface area contributed by atoms with Gasteiger partial charge in [0, 0.05) is 0 Å². The van der Waals surface area contributed by atoms with Gasteiger partial charge in [0.1, 0.15) is 0 Å². The second kappa shape index (κ2) is 17.8. The molecular formula is C70H88Cl2SiZr. The molecule has 2 atom stereocenters. The van der Waals surface area contributed by atoms with Crippen LogP contribution in [0.25, 0.3) is 34.4 Å². The van der Waals surface area contributed by atoms with Gasteiger partial charge in [-0.1, -0.05) is 0 Å². The molecule has 0 amide bonds. The van der Waals surface area contributed by atoms with Crippen LogP contribution in [0.15, 0.2) is 96.1 Å². The molecule has 14 aliphatic rings. The van der Waals surface area contributed by atoms with Crippen LogP contribution < -0.4 is 0 Å². The minimum atomic E-state index is -4.09. The summed E-state index contributed by atoms with van der Waals surface area (Å²) >= 11 is -4.09. The first-order chi connectivity index (χ1) is 34.9. The van der Waals surface area contributed by atoms with Crippen LogP contribution in [0.3, 0.4) is 0 Å². The third-order valence-electron chi connectivity index (χ3n) is 25.6. The van der Waals surface area contributed by atoms with Crippen LogP contribution in [0.1, 0.15) is 208 Å². The van der Waals surface area contributed by atoms with Gasteiger partial charge in [-0.05, 0) is 0 Å². The quantitative estimate of drug-likeness (QED) is 0.124. The molecule has 0 spiro atoms. The Kier molecular flexibility index (Phi) is 12.1. The molecule has 2 unspecified atom stereocenters. The van der Waals surface area contributed by atoms with Gasteiger partial charge in [-0.2, -0.15) is 0 Å². The van der Waals surface area contributed by atoms with E-state index < -0.39 is 17.4 Å². The molecule has 0 aromatic heterocycles. The SMILES string of the molecule is CC[CH2][Zr]([CH3])(=[SiH2])([CH]1C(CC23CCC(CC2)C3)=Cc2c(-c3ccc(C45CC6CC(CC(C6)C4)C5)cc3)cccc21)[CH]1C(CC23CCC(CC2)C3)=Cc2c(-c3ccc(C45CC6CC(CC(C6)C4)C5)cc3)cccc21.Cl.Cl. The van der Waals surface area contributed by atoms with Crippen LogP contribution in [0.4, 0.5) is 0 Å². The van der Waals surface area contributed by atoms with Crippen molar-refractivity contribution >= 4 is 43.8 Å². The fourth-order valence-electron chi connectivity index (χ4n) is 23.9. The summed E-state index contributed by atoms with van der Waals surface area (Å²) in [5.41, 5.74) is 21.8. The molecule has 0 nitrogen and oxygen atoms in total. The maximum Gasteiger partial charge on any atom is -0.147 e. The Morgan fingerprint density at radius 1 is 0.459 bits per heavy atom. The molecule has 14 aliphatic carbocycles. The summed E-state index contributed by atoms with van der Waals surface area (Å²) in [6, 6.07) is 36.4. The van der Waals surface area contributed by atoms with Crippen LogP contribution in [0, 0.1) is 58.2 Å². The van der Waals surface area contributed by atoms with E-state index in [1.807, 2.05) is 11.1 Å². The summed E-state index contributed by atoms with van der Waals surface area (Å²) in [5.74, 6) is 7.87.